The van der Waals surface area contributed by atoms with Gasteiger partial charge in [0, 0.05) is 24.1 Å². The van der Waals surface area contributed by atoms with Crippen LogP contribution in [0.3, 0.4) is 0 Å². The Labute approximate surface area is 131 Å². The number of nitro benzene ring substituents is 1. The second-order valence-electron chi connectivity index (χ2n) is 5.07. The Morgan fingerprint density at radius 2 is 1.91 bits per heavy atom. The smallest absolute Gasteiger partial charge is 0.339 e. The lowest BCUT2D eigenvalue weighted by atomic mass is 9.98. The van der Waals surface area contributed by atoms with E-state index in [9.17, 15) is 14.9 Å². The molecule has 1 aliphatic rings. The fraction of sp³-hybridized carbons (Fsp3) is 0.125. The number of ether oxygens (including phenoxy) is 1. The van der Waals surface area contributed by atoms with E-state index >= 15 is 0 Å². The highest BCUT2D eigenvalue weighted by atomic mass is 16.6. The molecule has 0 unspecified atom stereocenters. The van der Waals surface area contributed by atoms with Crippen LogP contribution in [0.4, 0.5) is 5.69 Å². The van der Waals surface area contributed by atoms with E-state index in [1.165, 1.54) is 12.1 Å². The Hall–Kier alpha value is -3.22. The van der Waals surface area contributed by atoms with E-state index in [-0.39, 0.29) is 11.7 Å². The molecule has 0 aliphatic carbocycles. The van der Waals surface area contributed by atoms with E-state index in [0.717, 1.165) is 5.56 Å². The molecule has 116 valence electrons. The molecule has 7 nitrogen and oxygen atoms in total. The number of rotatable bonds is 4. The number of hydrogen-bond acceptors (Lipinski definition) is 6. The van der Waals surface area contributed by atoms with Crippen LogP contribution in [0.25, 0.3) is 0 Å². The first kappa shape index (κ1) is 14.7. The summed E-state index contributed by atoms with van der Waals surface area (Å²) in [5.74, 6) is 5.08. The first-order valence-corrected chi connectivity index (χ1v) is 6.91. The zero-order valence-corrected chi connectivity index (χ0v) is 12.0. The summed E-state index contributed by atoms with van der Waals surface area (Å²) < 4.78 is 5.36. The summed E-state index contributed by atoms with van der Waals surface area (Å²) in [7, 11) is 0. The van der Waals surface area contributed by atoms with Crippen LogP contribution in [0.1, 0.15) is 34.0 Å². The Bertz CT molecular complexity index is 799. The summed E-state index contributed by atoms with van der Waals surface area (Å²) in [4.78, 5) is 22.1. The average molecular weight is 311 g/mol. The summed E-state index contributed by atoms with van der Waals surface area (Å²) in [6.45, 7) is 0. The van der Waals surface area contributed by atoms with E-state index in [1.54, 1.807) is 24.3 Å². The minimum Gasteiger partial charge on any atom is -0.453 e. The molecule has 0 saturated heterocycles. The first-order valence-electron chi connectivity index (χ1n) is 6.91. The molecule has 2 N–H and O–H groups in total. The van der Waals surface area contributed by atoms with E-state index < -0.39 is 11.0 Å². The van der Waals surface area contributed by atoms with Gasteiger partial charge in [0.2, 0.25) is 0 Å². The molecule has 2 aromatic carbocycles. The van der Waals surface area contributed by atoms with Crippen molar-refractivity contribution in [3.05, 3.63) is 75.3 Å². The van der Waals surface area contributed by atoms with Crippen LogP contribution in [0.2, 0.25) is 0 Å². The third-order valence-electron chi connectivity index (χ3n) is 3.72. The van der Waals surface area contributed by atoms with Crippen LogP contribution in [-0.2, 0) is 4.74 Å². The van der Waals surface area contributed by atoms with Crippen LogP contribution < -0.4 is 5.84 Å². The van der Waals surface area contributed by atoms with Crippen molar-refractivity contribution in [2.75, 3.05) is 0 Å². The predicted octanol–water partition coefficient (Wildman–Crippen LogP) is 2.56. The molecule has 1 atom stereocenters. The number of fused-ring (bicyclic) bond motifs is 1. The maximum Gasteiger partial charge on any atom is 0.339 e. The minimum absolute atomic E-state index is 0.0113. The molecule has 0 saturated carbocycles. The molecule has 0 aromatic heterocycles. The highest BCUT2D eigenvalue weighted by Gasteiger charge is 2.31. The Morgan fingerprint density at radius 3 is 2.57 bits per heavy atom. The van der Waals surface area contributed by atoms with Gasteiger partial charge in [-0.05, 0) is 23.8 Å². The fourth-order valence-corrected chi connectivity index (χ4v) is 2.57. The highest BCUT2D eigenvalue weighted by molar-refractivity contribution is 6.02. The van der Waals surface area contributed by atoms with Gasteiger partial charge in [0.25, 0.3) is 5.69 Å². The third kappa shape index (κ3) is 2.76. The largest absolute Gasteiger partial charge is 0.453 e. The number of nitro groups is 1. The number of hydrogen-bond donors (Lipinski definition) is 1. The van der Waals surface area contributed by atoms with Crippen molar-refractivity contribution < 1.29 is 14.5 Å². The molecule has 23 heavy (non-hydrogen) atoms. The molecule has 0 bridgehead atoms. The van der Waals surface area contributed by atoms with Crippen molar-refractivity contribution in [2.45, 2.75) is 12.5 Å². The molecule has 0 amide bonds. The van der Waals surface area contributed by atoms with Gasteiger partial charge in [-0.3, -0.25) is 10.1 Å². The second kappa shape index (κ2) is 5.88. The second-order valence-corrected chi connectivity index (χ2v) is 5.07. The van der Waals surface area contributed by atoms with Crippen molar-refractivity contribution in [1.29, 1.82) is 0 Å². The number of non-ortho nitro benzene ring substituents is 1. The Balaban J connectivity index is 1.84. The van der Waals surface area contributed by atoms with Crippen LogP contribution in [0, 0.1) is 10.1 Å². The maximum atomic E-state index is 11.8. The number of carbonyl (C=O) groups is 1. The summed E-state index contributed by atoms with van der Waals surface area (Å²) >= 11 is 0. The van der Waals surface area contributed by atoms with E-state index in [1.807, 2.05) is 12.1 Å². The summed E-state index contributed by atoms with van der Waals surface area (Å²) in [5, 5.41) is 14.4. The van der Waals surface area contributed by atoms with Gasteiger partial charge in [0.15, 0.2) is 0 Å². The molecular formula is C16H13N3O4. The van der Waals surface area contributed by atoms with Crippen LogP contribution in [0.5, 0.6) is 0 Å². The number of esters is 1. The van der Waals surface area contributed by atoms with Gasteiger partial charge < -0.3 is 10.6 Å². The van der Waals surface area contributed by atoms with E-state index in [0.29, 0.717) is 23.3 Å². The molecule has 0 radical (unpaired) electrons. The van der Waals surface area contributed by atoms with Crippen molar-refractivity contribution in [2.24, 2.45) is 10.9 Å². The van der Waals surface area contributed by atoms with Crippen LogP contribution in [0.15, 0.2) is 53.6 Å². The zero-order chi connectivity index (χ0) is 16.4. The lowest BCUT2D eigenvalue weighted by Crippen LogP contribution is -2.11. The third-order valence-corrected chi connectivity index (χ3v) is 3.72. The number of carbonyl (C=O) groups excluding carboxylic acids is 1. The van der Waals surface area contributed by atoms with Crippen LogP contribution >= 0.6 is 0 Å². The van der Waals surface area contributed by atoms with Crippen molar-refractivity contribution in [3.8, 4) is 0 Å². The summed E-state index contributed by atoms with van der Waals surface area (Å²) in [5.41, 5.74) is 2.48. The lowest BCUT2D eigenvalue weighted by Gasteiger charge is -2.12. The predicted molar refractivity (Wildman–Crippen MR) is 83.0 cm³/mol. The molecule has 0 fully saturated rings. The molecule has 3 rings (SSSR count). The summed E-state index contributed by atoms with van der Waals surface area (Å²) in [6, 6.07) is 13.1. The zero-order valence-electron chi connectivity index (χ0n) is 12.0. The average Bonchev–Trinajstić information content (AvgIpc) is 2.89. The van der Waals surface area contributed by atoms with Gasteiger partial charge >= 0.3 is 5.97 Å². The Kier molecular flexibility index (Phi) is 3.76. The Morgan fingerprint density at radius 1 is 1.22 bits per heavy atom. The topological polar surface area (TPSA) is 108 Å². The van der Waals surface area contributed by atoms with Gasteiger partial charge in [-0.15, -0.1) is 0 Å². The standard InChI is InChI=1S/C16H13N3O4/c17-18-14(10-5-7-11(8-6-10)19(21)22)9-15-12-3-1-2-4-13(12)16(20)23-15/h1-8,15H,9,17H2/b18-14+/t15-/m0/s1. The molecule has 2 aromatic rings. The molecular weight excluding hydrogens is 298 g/mol. The van der Waals surface area contributed by atoms with Gasteiger partial charge in [-0.2, -0.15) is 5.10 Å². The number of benzene rings is 2. The summed E-state index contributed by atoms with van der Waals surface area (Å²) in [6.07, 6.45) is -0.159. The minimum atomic E-state index is -0.474. The number of hydrazone groups is 1. The number of cyclic esters (lactones) is 1. The lowest BCUT2D eigenvalue weighted by molar-refractivity contribution is -0.384. The number of nitrogens with two attached hydrogens (primary N) is 1. The van der Waals surface area contributed by atoms with E-state index in [4.69, 9.17) is 10.6 Å². The highest BCUT2D eigenvalue weighted by Crippen LogP contribution is 2.33. The molecule has 1 aliphatic heterocycles. The molecule has 1 heterocycles. The van der Waals surface area contributed by atoms with Crippen molar-refractivity contribution >= 4 is 17.4 Å². The quantitative estimate of drug-likeness (QED) is 0.307. The first-order chi connectivity index (χ1) is 11.1. The van der Waals surface area contributed by atoms with Gasteiger partial charge in [0.05, 0.1) is 16.2 Å². The normalized spacial score (nSPS) is 16.8. The molecule has 0 spiro atoms. The molecule has 7 heteroatoms. The van der Waals surface area contributed by atoms with Crippen molar-refractivity contribution in [1.82, 2.24) is 0 Å². The fourth-order valence-electron chi connectivity index (χ4n) is 2.57. The van der Waals surface area contributed by atoms with Gasteiger partial charge in [-0.25, -0.2) is 4.79 Å². The van der Waals surface area contributed by atoms with Gasteiger partial charge in [-0.1, -0.05) is 18.2 Å². The van der Waals surface area contributed by atoms with Gasteiger partial charge in [0.1, 0.15) is 6.10 Å². The maximum absolute atomic E-state index is 11.8. The number of nitrogens with zero attached hydrogens (tertiary/aromatic N) is 2. The van der Waals surface area contributed by atoms with E-state index in [2.05, 4.69) is 5.10 Å². The van der Waals surface area contributed by atoms with Crippen LogP contribution in [-0.4, -0.2) is 16.6 Å². The SMILES string of the molecule is N/N=C(\C[C@@H]1OC(=O)c2ccccc21)c1ccc([N+](=O)[O-])cc1. The monoisotopic (exact) mass is 311 g/mol. The van der Waals surface area contributed by atoms with Crippen molar-refractivity contribution in [3.63, 3.8) is 0 Å².